The van der Waals surface area contributed by atoms with E-state index in [1.165, 1.54) is 49.8 Å². The first-order chi connectivity index (χ1) is 11.3. The van der Waals surface area contributed by atoms with E-state index in [1.807, 2.05) is 0 Å². The van der Waals surface area contributed by atoms with Gasteiger partial charge in [0.15, 0.2) is 0 Å². The van der Waals surface area contributed by atoms with Crippen LogP contribution in [0.25, 0.3) is 10.6 Å². The molecule has 3 heteroatoms. The minimum absolute atomic E-state index is 0.436. The summed E-state index contributed by atoms with van der Waals surface area (Å²) in [5, 5.41) is 7.33. The van der Waals surface area contributed by atoms with Crippen molar-refractivity contribution >= 4 is 11.3 Å². The molecule has 0 spiro atoms. The van der Waals surface area contributed by atoms with E-state index in [4.69, 9.17) is 4.98 Å². The van der Waals surface area contributed by atoms with Crippen LogP contribution in [-0.2, 0) is 6.54 Å². The van der Waals surface area contributed by atoms with E-state index >= 15 is 0 Å². The maximum Gasteiger partial charge on any atom is 0.123 e. The quantitative estimate of drug-likeness (QED) is 0.868. The highest BCUT2D eigenvalue weighted by atomic mass is 32.1. The molecule has 4 saturated carbocycles. The lowest BCUT2D eigenvalue weighted by atomic mass is 9.53. The van der Waals surface area contributed by atoms with E-state index in [0.29, 0.717) is 5.54 Å². The zero-order chi connectivity index (χ0) is 15.3. The van der Waals surface area contributed by atoms with Crippen LogP contribution >= 0.6 is 11.3 Å². The van der Waals surface area contributed by atoms with Crippen molar-refractivity contribution < 1.29 is 0 Å². The number of hydrogen-bond acceptors (Lipinski definition) is 3. The van der Waals surface area contributed by atoms with Gasteiger partial charge in [-0.2, -0.15) is 0 Å². The molecular formula is C20H24N2S. The fraction of sp³-hybridized carbons (Fsp3) is 0.550. The molecule has 4 aliphatic rings. The molecule has 0 unspecified atom stereocenters. The second-order valence-electron chi connectivity index (χ2n) is 8.06. The summed E-state index contributed by atoms with van der Waals surface area (Å²) in [4.78, 5) is 4.85. The molecule has 4 aliphatic carbocycles. The fourth-order valence-corrected chi connectivity index (χ4v) is 6.53. The summed E-state index contributed by atoms with van der Waals surface area (Å²) in [6, 6.07) is 10.5. The van der Waals surface area contributed by atoms with Crippen molar-refractivity contribution in [2.45, 2.75) is 50.6 Å². The van der Waals surface area contributed by atoms with Crippen molar-refractivity contribution in [3.63, 3.8) is 0 Å². The molecule has 0 aliphatic heterocycles. The number of aromatic nitrogens is 1. The average molecular weight is 324 g/mol. The number of rotatable bonds is 4. The van der Waals surface area contributed by atoms with Gasteiger partial charge < -0.3 is 5.32 Å². The Morgan fingerprint density at radius 1 is 1.00 bits per heavy atom. The molecule has 23 heavy (non-hydrogen) atoms. The molecule has 1 N–H and O–H groups in total. The minimum Gasteiger partial charge on any atom is -0.306 e. The minimum atomic E-state index is 0.436. The molecule has 4 fully saturated rings. The molecule has 1 heterocycles. The van der Waals surface area contributed by atoms with Gasteiger partial charge in [0.05, 0.1) is 5.69 Å². The van der Waals surface area contributed by atoms with Crippen molar-refractivity contribution in [1.29, 1.82) is 0 Å². The van der Waals surface area contributed by atoms with Gasteiger partial charge in [0.2, 0.25) is 0 Å². The maximum atomic E-state index is 4.85. The van der Waals surface area contributed by atoms with Crippen LogP contribution in [0.4, 0.5) is 0 Å². The second-order valence-corrected chi connectivity index (χ2v) is 8.92. The van der Waals surface area contributed by atoms with E-state index in [1.54, 1.807) is 11.3 Å². The summed E-state index contributed by atoms with van der Waals surface area (Å²) >= 11 is 1.77. The molecule has 2 nitrogen and oxygen atoms in total. The van der Waals surface area contributed by atoms with Gasteiger partial charge in [-0.3, -0.25) is 0 Å². The summed E-state index contributed by atoms with van der Waals surface area (Å²) in [7, 11) is 0. The lowest BCUT2D eigenvalue weighted by Crippen LogP contribution is -2.58. The van der Waals surface area contributed by atoms with Crippen LogP contribution in [0.2, 0.25) is 0 Å². The normalized spacial score (nSPS) is 34.9. The Hall–Kier alpha value is -1.19. The molecule has 1 aromatic heterocycles. The van der Waals surface area contributed by atoms with Crippen molar-refractivity contribution in [3.05, 3.63) is 41.4 Å². The Balaban J connectivity index is 1.29. The Morgan fingerprint density at radius 3 is 2.30 bits per heavy atom. The van der Waals surface area contributed by atoms with Crippen LogP contribution < -0.4 is 5.32 Å². The lowest BCUT2D eigenvalue weighted by Gasteiger charge is -2.57. The van der Waals surface area contributed by atoms with Crippen LogP contribution in [0.1, 0.15) is 44.2 Å². The molecule has 120 valence electrons. The van der Waals surface area contributed by atoms with Crippen LogP contribution in [0, 0.1) is 17.8 Å². The number of nitrogens with one attached hydrogen (secondary N) is 1. The van der Waals surface area contributed by atoms with Gasteiger partial charge in [-0.05, 0) is 56.3 Å². The summed E-state index contributed by atoms with van der Waals surface area (Å²) in [6.45, 7) is 0.940. The predicted octanol–water partition coefficient (Wildman–Crippen LogP) is 4.87. The molecule has 0 amide bonds. The predicted molar refractivity (Wildman–Crippen MR) is 95.3 cm³/mol. The van der Waals surface area contributed by atoms with E-state index < -0.39 is 0 Å². The third kappa shape index (κ3) is 2.64. The molecule has 4 bridgehead atoms. The third-order valence-corrected chi connectivity index (χ3v) is 7.20. The molecule has 0 radical (unpaired) electrons. The Kier molecular flexibility index (Phi) is 3.34. The van der Waals surface area contributed by atoms with E-state index in [2.05, 4.69) is 41.0 Å². The van der Waals surface area contributed by atoms with Crippen LogP contribution in [0.3, 0.4) is 0 Å². The molecule has 0 atom stereocenters. The zero-order valence-electron chi connectivity index (χ0n) is 13.5. The summed E-state index contributed by atoms with van der Waals surface area (Å²) in [5.41, 5.74) is 2.88. The summed E-state index contributed by atoms with van der Waals surface area (Å²) < 4.78 is 0. The van der Waals surface area contributed by atoms with Gasteiger partial charge in [0, 0.05) is 23.0 Å². The summed E-state index contributed by atoms with van der Waals surface area (Å²) in [5.74, 6) is 3.01. The van der Waals surface area contributed by atoms with Gasteiger partial charge in [-0.15, -0.1) is 11.3 Å². The van der Waals surface area contributed by atoms with Crippen molar-refractivity contribution in [1.82, 2.24) is 10.3 Å². The van der Waals surface area contributed by atoms with Crippen molar-refractivity contribution in [3.8, 4) is 10.6 Å². The first-order valence-corrected chi connectivity index (χ1v) is 9.91. The standard InChI is InChI=1S/C20H24N2S/c1-2-4-17(5-3-1)19-22-18(13-23-19)12-21-20-9-14-6-15(10-20)8-16(7-14)11-20/h1-5,13-16,21H,6-12H2. The van der Waals surface area contributed by atoms with Gasteiger partial charge in [-0.25, -0.2) is 4.98 Å². The highest BCUT2D eigenvalue weighted by Crippen LogP contribution is 2.55. The lowest BCUT2D eigenvalue weighted by molar-refractivity contribution is -0.0207. The van der Waals surface area contributed by atoms with Gasteiger partial charge >= 0.3 is 0 Å². The SMILES string of the molecule is c1ccc(-c2nc(CNC34CC5CC(CC(C5)C3)C4)cs2)cc1. The maximum absolute atomic E-state index is 4.85. The second kappa shape index (κ2) is 5.42. The topological polar surface area (TPSA) is 24.9 Å². The first-order valence-electron chi connectivity index (χ1n) is 9.03. The molecule has 0 saturated heterocycles. The Labute approximate surface area is 142 Å². The fourth-order valence-electron chi connectivity index (χ4n) is 5.71. The molecular weight excluding hydrogens is 300 g/mol. The van der Waals surface area contributed by atoms with Crippen LogP contribution in [-0.4, -0.2) is 10.5 Å². The van der Waals surface area contributed by atoms with Crippen LogP contribution in [0.5, 0.6) is 0 Å². The first kappa shape index (κ1) is 14.2. The monoisotopic (exact) mass is 324 g/mol. The number of benzene rings is 1. The summed E-state index contributed by atoms with van der Waals surface area (Å²) in [6.07, 6.45) is 8.76. The largest absolute Gasteiger partial charge is 0.306 e. The number of hydrogen-bond donors (Lipinski definition) is 1. The van der Waals surface area contributed by atoms with Crippen LogP contribution in [0.15, 0.2) is 35.7 Å². The number of nitrogens with zero attached hydrogens (tertiary/aromatic N) is 1. The molecule has 1 aromatic carbocycles. The van der Waals surface area contributed by atoms with Gasteiger partial charge in [0.25, 0.3) is 0 Å². The van der Waals surface area contributed by atoms with Crippen molar-refractivity contribution in [2.24, 2.45) is 17.8 Å². The Morgan fingerprint density at radius 2 is 1.65 bits per heavy atom. The van der Waals surface area contributed by atoms with Crippen molar-refractivity contribution in [2.75, 3.05) is 0 Å². The van der Waals surface area contributed by atoms with E-state index in [9.17, 15) is 0 Å². The Bertz CT molecular complexity index is 655. The number of thiazole rings is 1. The molecule has 6 rings (SSSR count). The third-order valence-electron chi connectivity index (χ3n) is 6.26. The zero-order valence-corrected chi connectivity index (χ0v) is 14.3. The molecule has 2 aromatic rings. The average Bonchev–Trinajstić information content (AvgIpc) is 3.02. The highest BCUT2D eigenvalue weighted by molar-refractivity contribution is 7.13. The van der Waals surface area contributed by atoms with E-state index in [-0.39, 0.29) is 0 Å². The van der Waals surface area contributed by atoms with Gasteiger partial charge in [0.1, 0.15) is 5.01 Å². The van der Waals surface area contributed by atoms with Gasteiger partial charge in [-0.1, -0.05) is 30.3 Å². The smallest absolute Gasteiger partial charge is 0.123 e. The van der Waals surface area contributed by atoms with E-state index in [0.717, 1.165) is 29.3 Å². The highest BCUT2D eigenvalue weighted by Gasteiger charge is 2.50.